The van der Waals surface area contributed by atoms with Crippen molar-refractivity contribution in [3.05, 3.63) is 41.5 Å². The van der Waals surface area contributed by atoms with E-state index in [4.69, 9.17) is 4.74 Å². The molecule has 0 unspecified atom stereocenters. The summed E-state index contributed by atoms with van der Waals surface area (Å²) in [7, 11) is 0. The molecule has 0 saturated heterocycles. The van der Waals surface area contributed by atoms with Crippen molar-refractivity contribution in [1.29, 1.82) is 0 Å². The normalized spacial score (nSPS) is 21.1. The van der Waals surface area contributed by atoms with Crippen LogP contribution in [0.15, 0.2) is 35.9 Å². The Labute approximate surface area is 109 Å². The maximum atomic E-state index is 9.42. The second kappa shape index (κ2) is 4.89. The zero-order chi connectivity index (χ0) is 13.2. The van der Waals surface area contributed by atoms with Crippen LogP contribution in [0.4, 0.5) is 0 Å². The van der Waals surface area contributed by atoms with E-state index in [1.165, 1.54) is 5.57 Å². The van der Waals surface area contributed by atoms with Gasteiger partial charge in [-0.1, -0.05) is 17.7 Å². The van der Waals surface area contributed by atoms with Gasteiger partial charge >= 0.3 is 0 Å². The molecule has 0 aromatic heterocycles. The molecule has 1 aliphatic rings. The van der Waals surface area contributed by atoms with Crippen LogP contribution in [0, 0.1) is 0 Å². The number of rotatable bonds is 3. The van der Waals surface area contributed by atoms with E-state index in [-0.39, 0.29) is 11.4 Å². The lowest BCUT2D eigenvalue weighted by Gasteiger charge is -2.31. The highest BCUT2D eigenvalue weighted by Gasteiger charge is 2.26. The van der Waals surface area contributed by atoms with Crippen molar-refractivity contribution in [2.75, 3.05) is 0 Å². The first-order valence-electron chi connectivity index (χ1n) is 6.33. The molecule has 0 amide bonds. The minimum absolute atomic E-state index is 0.254. The highest BCUT2D eigenvalue weighted by atomic mass is 16.5. The Morgan fingerprint density at radius 3 is 2.89 bits per heavy atom. The summed E-state index contributed by atoms with van der Waals surface area (Å²) in [6, 6.07) is 5.21. The second-order valence-electron chi connectivity index (χ2n) is 5.29. The van der Waals surface area contributed by atoms with Gasteiger partial charge in [-0.25, -0.2) is 0 Å². The van der Waals surface area contributed by atoms with E-state index in [2.05, 4.69) is 32.9 Å². The van der Waals surface area contributed by atoms with Crippen LogP contribution in [0.3, 0.4) is 0 Å². The van der Waals surface area contributed by atoms with Crippen LogP contribution in [0.1, 0.15) is 39.2 Å². The van der Waals surface area contributed by atoms with E-state index in [9.17, 15) is 5.11 Å². The summed E-state index contributed by atoms with van der Waals surface area (Å²) in [5.74, 6) is 1.12. The molecular formula is C16H20O2. The lowest BCUT2D eigenvalue weighted by molar-refractivity contribution is 0.128. The fourth-order valence-electron chi connectivity index (χ4n) is 2.09. The fraction of sp³-hybridized carbons (Fsp3) is 0.375. The first-order chi connectivity index (χ1) is 8.48. The van der Waals surface area contributed by atoms with Crippen molar-refractivity contribution < 1.29 is 9.84 Å². The third-order valence-corrected chi connectivity index (χ3v) is 3.15. The molecule has 1 aliphatic heterocycles. The summed E-state index contributed by atoms with van der Waals surface area (Å²) in [6.45, 7) is 6.31. The molecule has 1 aromatic carbocycles. The molecule has 0 saturated carbocycles. The van der Waals surface area contributed by atoms with Crippen LogP contribution in [-0.2, 0) is 0 Å². The molecule has 1 aromatic rings. The van der Waals surface area contributed by atoms with Crippen molar-refractivity contribution in [2.45, 2.75) is 39.2 Å². The topological polar surface area (TPSA) is 29.5 Å². The monoisotopic (exact) mass is 244 g/mol. The van der Waals surface area contributed by atoms with Gasteiger partial charge < -0.3 is 9.84 Å². The van der Waals surface area contributed by atoms with Gasteiger partial charge in [0.15, 0.2) is 0 Å². The molecule has 1 heterocycles. The Hall–Kier alpha value is -1.70. The van der Waals surface area contributed by atoms with Gasteiger partial charge in [0.2, 0.25) is 0 Å². The zero-order valence-electron chi connectivity index (χ0n) is 11.2. The molecule has 2 rings (SSSR count). The standard InChI is InChI=1S/C16H20O2/c1-12(2)5-4-9-16(3)10-8-13-11-14(17)6-7-15(13)18-16/h5-8,10-11,17H,4,9H2,1-3H3/t16-/m1/s1. The number of phenolic OH excluding ortho intramolecular Hbond substituents is 1. The SMILES string of the molecule is CC(C)=CCC[C@]1(C)C=Cc2cc(O)ccc2O1. The molecule has 0 aliphatic carbocycles. The van der Waals surface area contributed by atoms with E-state index < -0.39 is 0 Å². The van der Waals surface area contributed by atoms with E-state index in [1.807, 2.05) is 12.1 Å². The molecule has 2 nitrogen and oxygen atoms in total. The molecule has 18 heavy (non-hydrogen) atoms. The summed E-state index contributed by atoms with van der Waals surface area (Å²) in [4.78, 5) is 0. The van der Waals surface area contributed by atoms with Gasteiger partial charge in [0.1, 0.15) is 17.1 Å². The van der Waals surface area contributed by atoms with Gasteiger partial charge in [0.05, 0.1) is 0 Å². The Morgan fingerprint density at radius 2 is 2.17 bits per heavy atom. The van der Waals surface area contributed by atoms with E-state index >= 15 is 0 Å². The summed E-state index contributed by atoms with van der Waals surface area (Å²) in [5.41, 5.74) is 2.02. The maximum absolute atomic E-state index is 9.42. The summed E-state index contributed by atoms with van der Waals surface area (Å²) >= 11 is 0. The van der Waals surface area contributed by atoms with Crippen molar-refractivity contribution in [3.8, 4) is 11.5 Å². The number of fused-ring (bicyclic) bond motifs is 1. The van der Waals surface area contributed by atoms with Gasteiger partial charge in [-0.05, 0) is 57.9 Å². The molecule has 96 valence electrons. The van der Waals surface area contributed by atoms with Gasteiger partial charge in [-0.15, -0.1) is 0 Å². The van der Waals surface area contributed by atoms with Crippen molar-refractivity contribution in [2.24, 2.45) is 0 Å². The third-order valence-electron chi connectivity index (χ3n) is 3.15. The summed E-state index contributed by atoms with van der Waals surface area (Å²) in [6.07, 6.45) is 8.30. The van der Waals surface area contributed by atoms with E-state index in [1.54, 1.807) is 12.1 Å². The molecule has 2 heteroatoms. The first kappa shape index (κ1) is 12.7. The Morgan fingerprint density at radius 1 is 1.39 bits per heavy atom. The smallest absolute Gasteiger partial charge is 0.128 e. The van der Waals surface area contributed by atoms with Gasteiger partial charge in [-0.3, -0.25) is 0 Å². The van der Waals surface area contributed by atoms with Crippen molar-refractivity contribution in [1.82, 2.24) is 0 Å². The molecule has 0 bridgehead atoms. The molecule has 0 fully saturated rings. The van der Waals surface area contributed by atoms with Crippen LogP contribution in [-0.4, -0.2) is 10.7 Å². The van der Waals surface area contributed by atoms with Crippen LogP contribution in [0.25, 0.3) is 6.08 Å². The number of hydrogen-bond donors (Lipinski definition) is 1. The number of hydrogen-bond acceptors (Lipinski definition) is 2. The Balaban J connectivity index is 2.11. The van der Waals surface area contributed by atoms with Crippen LogP contribution < -0.4 is 4.74 Å². The second-order valence-corrected chi connectivity index (χ2v) is 5.29. The highest BCUT2D eigenvalue weighted by Crippen LogP contribution is 2.35. The summed E-state index contributed by atoms with van der Waals surface area (Å²) in [5, 5.41) is 9.42. The molecule has 0 radical (unpaired) electrons. The molecule has 0 spiro atoms. The van der Waals surface area contributed by atoms with Crippen LogP contribution in [0.5, 0.6) is 11.5 Å². The number of ether oxygens (including phenoxy) is 1. The number of aromatic hydroxyl groups is 1. The zero-order valence-corrected chi connectivity index (χ0v) is 11.2. The third kappa shape index (κ3) is 2.95. The minimum Gasteiger partial charge on any atom is -0.508 e. The quantitative estimate of drug-likeness (QED) is 0.803. The Bertz CT molecular complexity index is 496. The lowest BCUT2D eigenvalue weighted by atomic mass is 9.94. The minimum atomic E-state index is -0.254. The predicted molar refractivity (Wildman–Crippen MR) is 74.8 cm³/mol. The average Bonchev–Trinajstić information content (AvgIpc) is 2.29. The molecule has 1 N–H and O–H groups in total. The lowest BCUT2D eigenvalue weighted by Crippen LogP contribution is -2.31. The van der Waals surface area contributed by atoms with Gasteiger partial charge in [0, 0.05) is 5.56 Å². The van der Waals surface area contributed by atoms with Gasteiger partial charge in [-0.2, -0.15) is 0 Å². The maximum Gasteiger partial charge on any atom is 0.128 e. The predicted octanol–water partition coefficient (Wildman–Crippen LogP) is 4.30. The van der Waals surface area contributed by atoms with E-state index in [0.29, 0.717) is 0 Å². The van der Waals surface area contributed by atoms with Gasteiger partial charge in [0.25, 0.3) is 0 Å². The summed E-state index contributed by atoms with van der Waals surface area (Å²) < 4.78 is 6.03. The van der Waals surface area contributed by atoms with E-state index in [0.717, 1.165) is 24.2 Å². The highest BCUT2D eigenvalue weighted by molar-refractivity contribution is 5.62. The van der Waals surface area contributed by atoms with Crippen molar-refractivity contribution >= 4 is 6.08 Å². The first-order valence-corrected chi connectivity index (χ1v) is 6.33. The number of benzene rings is 1. The Kier molecular flexibility index (Phi) is 3.46. The number of phenols is 1. The van der Waals surface area contributed by atoms with Crippen molar-refractivity contribution in [3.63, 3.8) is 0 Å². The number of allylic oxidation sites excluding steroid dienone is 2. The molecular weight excluding hydrogens is 224 g/mol. The fourth-order valence-corrected chi connectivity index (χ4v) is 2.09. The average molecular weight is 244 g/mol. The van der Waals surface area contributed by atoms with Crippen LogP contribution in [0.2, 0.25) is 0 Å². The van der Waals surface area contributed by atoms with Crippen LogP contribution >= 0.6 is 0 Å². The molecule has 1 atom stereocenters. The largest absolute Gasteiger partial charge is 0.508 e.